The van der Waals surface area contributed by atoms with Gasteiger partial charge in [-0.2, -0.15) is 0 Å². The number of aromatic nitrogens is 2. The van der Waals surface area contributed by atoms with E-state index in [-0.39, 0.29) is 11.2 Å². The Morgan fingerprint density at radius 1 is 1.22 bits per heavy atom. The smallest absolute Gasteiger partial charge is 0.233 e. The van der Waals surface area contributed by atoms with Crippen molar-refractivity contribution >= 4 is 28.7 Å². The maximum atomic E-state index is 12.3. The second-order valence-corrected chi connectivity index (χ2v) is 6.90. The number of benzene rings is 2. The number of hydrogen-bond acceptors (Lipinski definition) is 3. The number of nitrogens with one attached hydrogen (secondary N) is 2. The number of aromatic amines is 1. The van der Waals surface area contributed by atoms with E-state index >= 15 is 0 Å². The number of fused-ring (bicyclic) bond motifs is 2. The average molecular weight is 323 g/mol. The van der Waals surface area contributed by atoms with Crippen LogP contribution in [-0.4, -0.2) is 27.7 Å². The summed E-state index contributed by atoms with van der Waals surface area (Å²) in [4.78, 5) is 21.4. The largest absolute Gasteiger partial charge is 0.355 e. The highest BCUT2D eigenvalue weighted by Crippen LogP contribution is 2.36. The van der Waals surface area contributed by atoms with Crippen LogP contribution in [0, 0.1) is 0 Å². The first kappa shape index (κ1) is 14.3. The first-order chi connectivity index (χ1) is 11.3. The molecule has 0 fully saturated rings. The molecule has 23 heavy (non-hydrogen) atoms. The summed E-state index contributed by atoms with van der Waals surface area (Å²) in [6, 6.07) is 16.2. The van der Waals surface area contributed by atoms with E-state index < -0.39 is 0 Å². The van der Waals surface area contributed by atoms with Gasteiger partial charge < -0.3 is 10.3 Å². The molecule has 2 aromatic carbocycles. The highest BCUT2D eigenvalue weighted by atomic mass is 32.2. The molecule has 0 aliphatic carbocycles. The van der Waals surface area contributed by atoms with Crippen LogP contribution < -0.4 is 5.32 Å². The van der Waals surface area contributed by atoms with Gasteiger partial charge in [-0.15, -0.1) is 11.8 Å². The molecule has 1 atom stereocenters. The van der Waals surface area contributed by atoms with Crippen LogP contribution >= 0.6 is 11.8 Å². The Kier molecular flexibility index (Phi) is 3.79. The van der Waals surface area contributed by atoms with Crippen molar-refractivity contribution in [3.8, 4) is 0 Å². The number of H-pyrrole nitrogens is 1. The first-order valence-electron chi connectivity index (χ1n) is 7.75. The van der Waals surface area contributed by atoms with E-state index in [1.807, 2.05) is 36.4 Å². The summed E-state index contributed by atoms with van der Waals surface area (Å²) >= 11 is 1.66. The summed E-state index contributed by atoms with van der Waals surface area (Å²) in [5.41, 5.74) is 3.28. The maximum Gasteiger partial charge on any atom is 0.233 e. The lowest BCUT2D eigenvalue weighted by atomic mass is 10.1. The fourth-order valence-corrected chi connectivity index (χ4v) is 4.09. The van der Waals surface area contributed by atoms with Crippen molar-refractivity contribution in [2.75, 3.05) is 6.54 Å². The van der Waals surface area contributed by atoms with E-state index in [1.54, 1.807) is 11.8 Å². The molecular formula is C18H17N3OS. The lowest BCUT2D eigenvalue weighted by Crippen LogP contribution is -2.34. The van der Waals surface area contributed by atoms with Crippen molar-refractivity contribution in [1.29, 1.82) is 0 Å². The SMILES string of the molecule is O=C(NCCc1nc2ccccc2[nH]1)[C@@H]1Cc2ccccc2S1. The average Bonchev–Trinajstić information content (AvgIpc) is 3.18. The summed E-state index contributed by atoms with van der Waals surface area (Å²) in [7, 11) is 0. The van der Waals surface area contributed by atoms with Gasteiger partial charge in [-0.3, -0.25) is 4.79 Å². The predicted molar refractivity (Wildman–Crippen MR) is 92.6 cm³/mol. The van der Waals surface area contributed by atoms with Gasteiger partial charge in [0.25, 0.3) is 0 Å². The topological polar surface area (TPSA) is 57.8 Å². The summed E-state index contributed by atoms with van der Waals surface area (Å²) in [6.45, 7) is 0.603. The van der Waals surface area contributed by atoms with Gasteiger partial charge in [-0.05, 0) is 30.2 Å². The van der Waals surface area contributed by atoms with Crippen LogP contribution in [-0.2, 0) is 17.6 Å². The Hall–Kier alpha value is -2.27. The van der Waals surface area contributed by atoms with Crippen LogP contribution in [0.15, 0.2) is 53.4 Å². The number of carbonyl (C=O) groups is 1. The number of amides is 1. The second-order valence-electron chi connectivity index (χ2n) is 5.66. The van der Waals surface area contributed by atoms with E-state index in [1.165, 1.54) is 10.5 Å². The Bertz CT molecular complexity index is 800. The minimum atomic E-state index is -0.0110. The number of hydrogen-bond donors (Lipinski definition) is 2. The maximum absolute atomic E-state index is 12.3. The molecule has 2 N–H and O–H groups in total. The minimum Gasteiger partial charge on any atom is -0.355 e. The zero-order chi connectivity index (χ0) is 15.6. The van der Waals surface area contributed by atoms with E-state index in [0.717, 1.165) is 23.3 Å². The quantitative estimate of drug-likeness (QED) is 0.776. The Balaban J connectivity index is 1.32. The Morgan fingerprint density at radius 3 is 2.91 bits per heavy atom. The summed E-state index contributed by atoms with van der Waals surface area (Å²) in [5, 5.41) is 3.02. The Morgan fingerprint density at radius 2 is 2.04 bits per heavy atom. The van der Waals surface area contributed by atoms with Gasteiger partial charge in [-0.25, -0.2) is 4.98 Å². The second kappa shape index (κ2) is 6.08. The molecule has 116 valence electrons. The molecule has 1 aliphatic rings. The minimum absolute atomic E-state index is 0.0110. The van der Waals surface area contributed by atoms with Gasteiger partial charge in [0.15, 0.2) is 0 Å². The number of imidazole rings is 1. The summed E-state index contributed by atoms with van der Waals surface area (Å²) < 4.78 is 0. The van der Waals surface area contributed by atoms with Crippen molar-refractivity contribution in [3.05, 3.63) is 59.9 Å². The van der Waals surface area contributed by atoms with Gasteiger partial charge in [-0.1, -0.05) is 30.3 Å². The Labute approximate surface area is 138 Å². The molecule has 1 amide bonds. The van der Waals surface area contributed by atoms with Crippen molar-refractivity contribution in [2.24, 2.45) is 0 Å². The molecule has 4 rings (SSSR count). The van der Waals surface area contributed by atoms with Gasteiger partial charge in [0, 0.05) is 17.9 Å². The third-order valence-corrected chi connectivity index (χ3v) is 5.36. The standard InChI is InChI=1S/C18H17N3OS/c22-18(16-11-12-5-1-4-8-15(12)23-16)19-10-9-17-20-13-6-2-3-7-14(13)21-17/h1-8,16H,9-11H2,(H,19,22)(H,20,21)/t16-/m0/s1. The molecule has 2 heterocycles. The molecule has 0 saturated carbocycles. The zero-order valence-electron chi connectivity index (χ0n) is 12.6. The molecule has 0 bridgehead atoms. The third-order valence-electron chi connectivity index (χ3n) is 4.04. The van der Waals surface area contributed by atoms with Gasteiger partial charge >= 0.3 is 0 Å². The van der Waals surface area contributed by atoms with Crippen LogP contribution in [0.4, 0.5) is 0 Å². The van der Waals surface area contributed by atoms with E-state index in [9.17, 15) is 4.79 Å². The molecular weight excluding hydrogens is 306 g/mol. The van der Waals surface area contributed by atoms with E-state index in [0.29, 0.717) is 13.0 Å². The molecule has 1 aliphatic heterocycles. The highest BCUT2D eigenvalue weighted by molar-refractivity contribution is 8.01. The monoisotopic (exact) mass is 323 g/mol. The highest BCUT2D eigenvalue weighted by Gasteiger charge is 2.27. The van der Waals surface area contributed by atoms with Crippen LogP contribution in [0.1, 0.15) is 11.4 Å². The molecule has 0 radical (unpaired) electrons. The lowest BCUT2D eigenvalue weighted by Gasteiger charge is -2.09. The summed E-state index contributed by atoms with van der Waals surface area (Å²) in [5.74, 6) is 1.02. The number of rotatable bonds is 4. The number of para-hydroxylation sites is 2. The van der Waals surface area contributed by atoms with Crippen molar-refractivity contribution in [1.82, 2.24) is 15.3 Å². The van der Waals surface area contributed by atoms with Gasteiger partial charge in [0.05, 0.1) is 16.3 Å². The molecule has 0 spiro atoms. The van der Waals surface area contributed by atoms with Crippen molar-refractivity contribution in [3.63, 3.8) is 0 Å². The van der Waals surface area contributed by atoms with Crippen molar-refractivity contribution in [2.45, 2.75) is 23.0 Å². The van der Waals surface area contributed by atoms with E-state index in [4.69, 9.17) is 0 Å². The van der Waals surface area contributed by atoms with Crippen molar-refractivity contribution < 1.29 is 4.79 Å². The lowest BCUT2D eigenvalue weighted by molar-refractivity contribution is -0.120. The van der Waals surface area contributed by atoms with Crippen LogP contribution in [0.3, 0.4) is 0 Å². The number of carbonyl (C=O) groups excluding carboxylic acids is 1. The summed E-state index contributed by atoms with van der Waals surface area (Å²) in [6.07, 6.45) is 1.53. The molecule has 0 unspecified atom stereocenters. The van der Waals surface area contributed by atoms with E-state index in [2.05, 4.69) is 27.4 Å². The number of thioether (sulfide) groups is 1. The molecule has 5 heteroatoms. The number of nitrogens with zero attached hydrogens (tertiary/aromatic N) is 1. The van der Waals surface area contributed by atoms with Gasteiger partial charge in [0.2, 0.25) is 5.91 Å². The van der Waals surface area contributed by atoms with Gasteiger partial charge in [0.1, 0.15) is 5.82 Å². The van der Waals surface area contributed by atoms with Crippen LogP contribution in [0.5, 0.6) is 0 Å². The first-order valence-corrected chi connectivity index (χ1v) is 8.63. The van der Waals surface area contributed by atoms with Crippen LogP contribution in [0.2, 0.25) is 0 Å². The third kappa shape index (κ3) is 2.97. The molecule has 1 aromatic heterocycles. The molecule has 0 saturated heterocycles. The predicted octanol–water partition coefficient (Wildman–Crippen LogP) is 2.94. The fraction of sp³-hybridized carbons (Fsp3) is 0.222. The normalized spacial score (nSPS) is 16.4. The van der Waals surface area contributed by atoms with Crippen LogP contribution in [0.25, 0.3) is 11.0 Å². The zero-order valence-corrected chi connectivity index (χ0v) is 13.4. The molecule has 4 nitrogen and oxygen atoms in total. The molecule has 3 aromatic rings. The fourth-order valence-electron chi connectivity index (χ4n) is 2.87.